The SMILES string of the molecule is N=C(N)CC(=N)N.NN=C(N)CC(N)=NN. The summed E-state index contributed by atoms with van der Waals surface area (Å²) in [5.41, 5.74) is 20.0. The maximum Gasteiger partial charge on any atom is 0.126 e. The van der Waals surface area contributed by atoms with E-state index in [-0.39, 0.29) is 36.2 Å². The Morgan fingerprint density at radius 1 is 0.750 bits per heavy atom. The highest BCUT2D eigenvalue weighted by atomic mass is 15.2. The van der Waals surface area contributed by atoms with Crippen molar-refractivity contribution in [2.75, 3.05) is 0 Å². The molecule has 10 nitrogen and oxygen atoms in total. The van der Waals surface area contributed by atoms with Crippen molar-refractivity contribution in [2.45, 2.75) is 12.8 Å². The molecule has 16 heavy (non-hydrogen) atoms. The van der Waals surface area contributed by atoms with Crippen LogP contribution in [-0.4, -0.2) is 23.3 Å². The molecule has 0 unspecified atom stereocenters. The van der Waals surface area contributed by atoms with Gasteiger partial charge in [0, 0.05) is 0 Å². The predicted octanol–water partition coefficient (Wildman–Crippen LogP) is -2.91. The molecule has 92 valence electrons. The van der Waals surface area contributed by atoms with E-state index in [2.05, 4.69) is 10.2 Å². The average Bonchev–Trinajstić information content (AvgIpc) is 2.16. The number of nitrogens with zero attached hydrogens (tertiary/aromatic N) is 2. The van der Waals surface area contributed by atoms with Crippen LogP contribution in [0, 0.1) is 10.8 Å². The molecule has 0 aliphatic carbocycles. The molecule has 14 N–H and O–H groups in total. The summed E-state index contributed by atoms with van der Waals surface area (Å²) in [5.74, 6) is 9.87. The summed E-state index contributed by atoms with van der Waals surface area (Å²) in [6, 6.07) is 0. The summed E-state index contributed by atoms with van der Waals surface area (Å²) >= 11 is 0. The Balaban J connectivity index is 0. The van der Waals surface area contributed by atoms with Gasteiger partial charge >= 0.3 is 0 Å². The minimum absolute atomic E-state index is 0.0625. The summed E-state index contributed by atoms with van der Waals surface area (Å²) in [7, 11) is 0. The number of rotatable bonds is 4. The highest BCUT2D eigenvalue weighted by Gasteiger charge is 1.94. The second-order valence-corrected chi connectivity index (χ2v) is 2.64. The van der Waals surface area contributed by atoms with Crippen molar-refractivity contribution < 1.29 is 0 Å². The van der Waals surface area contributed by atoms with E-state index in [1.165, 1.54) is 0 Å². The van der Waals surface area contributed by atoms with Crippen molar-refractivity contribution in [3.63, 3.8) is 0 Å². The first-order chi connectivity index (χ1) is 7.33. The lowest BCUT2D eigenvalue weighted by molar-refractivity contribution is 1.17. The molecule has 0 rings (SSSR count). The Bertz CT molecular complexity index is 262. The minimum atomic E-state index is -0.0625. The van der Waals surface area contributed by atoms with Crippen LogP contribution in [0.3, 0.4) is 0 Å². The molecule has 0 amide bonds. The summed E-state index contributed by atoms with van der Waals surface area (Å²) in [6.07, 6.45) is 0.299. The Kier molecular flexibility index (Phi) is 9.01. The van der Waals surface area contributed by atoms with Crippen LogP contribution in [-0.2, 0) is 0 Å². The summed E-state index contributed by atoms with van der Waals surface area (Å²) in [5, 5.41) is 19.5. The van der Waals surface area contributed by atoms with Gasteiger partial charge in [-0.15, -0.1) is 0 Å². The summed E-state index contributed by atoms with van der Waals surface area (Å²) in [6.45, 7) is 0. The van der Waals surface area contributed by atoms with Gasteiger partial charge in [-0.25, -0.2) is 0 Å². The zero-order chi connectivity index (χ0) is 13.1. The van der Waals surface area contributed by atoms with Crippen LogP contribution in [0.2, 0.25) is 0 Å². The van der Waals surface area contributed by atoms with Gasteiger partial charge in [-0.05, 0) is 0 Å². The van der Waals surface area contributed by atoms with Gasteiger partial charge in [0.15, 0.2) is 0 Å². The van der Waals surface area contributed by atoms with Crippen molar-refractivity contribution >= 4 is 23.3 Å². The molecule has 0 bridgehead atoms. The molecule has 0 aliphatic rings. The fourth-order valence-electron chi connectivity index (χ4n) is 0.482. The maximum atomic E-state index is 6.58. The molecular formula is C6H18N10. The third-order valence-electron chi connectivity index (χ3n) is 1.07. The number of nitrogens with one attached hydrogen (secondary N) is 2. The normalized spacial score (nSPS) is 11.2. The molecule has 0 fully saturated rings. The maximum absolute atomic E-state index is 6.58. The van der Waals surface area contributed by atoms with Crippen LogP contribution in [0.4, 0.5) is 0 Å². The fourth-order valence-corrected chi connectivity index (χ4v) is 0.482. The highest BCUT2D eigenvalue weighted by Crippen LogP contribution is 1.75. The Morgan fingerprint density at radius 2 is 1.06 bits per heavy atom. The zero-order valence-electron chi connectivity index (χ0n) is 8.77. The lowest BCUT2D eigenvalue weighted by atomic mass is 10.4. The highest BCUT2D eigenvalue weighted by molar-refractivity contribution is 6.00. The predicted molar refractivity (Wildman–Crippen MR) is 64.7 cm³/mol. The molecule has 0 aromatic heterocycles. The van der Waals surface area contributed by atoms with Gasteiger partial charge in [-0.1, -0.05) is 0 Å². The molecule has 0 aliphatic heterocycles. The molecule has 0 saturated carbocycles. The Hall–Kier alpha value is -2.52. The van der Waals surface area contributed by atoms with Crippen LogP contribution < -0.4 is 34.6 Å². The van der Waals surface area contributed by atoms with E-state index in [4.69, 9.17) is 45.4 Å². The van der Waals surface area contributed by atoms with E-state index in [9.17, 15) is 0 Å². The van der Waals surface area contributed by atoms with Crippen LogP contribution in [0.25, 0.3) is 0 Å². The van der Waals surface area contributed by atoms with Gasteiger partial charge in [0.2, 0.25) is 0 Å². The van der Waals surface area contributed by atoms with E-state index in [0.29, 0.717) is 0 Å². The fraction of sp³-hybridized carbons (Fsp3) is 0.333. The van der Waals surface area contributed by atoms with Gasteiger partial charge in [-0.3, -0.25) is 10.8 Å². The van der Waals surface area contributed by atoms with E-state index >= 15 is 0 Å². The molecule has 0 spiro atoms. The van der Waals surface area contributed by atoms with E-state index in [1.807, 2.05) is 0 Å². The Morgan fingerprint density at radius 3 is 1.19 bits per heavy atom. The second-order valence-electron chi connectivity index (χ2n) is 2.64. The topological polar surface area (TPSA) is 229 Å². The molecule has 0 radical (unpaired) electrons. The lowest BCUT2D eigenvalue weighted by Gasteiger charge is -1.94. The molecule has 10 heteroatoms. The number of hydrogen-bond acceptors (Lipinski definition) is 6. The van der Waals surface area contributed by atoms with Gasteiger partial charge in [0.05, 0.1) is 24.5 Å². The van der Waals surface area contributed by atoms with Gasteiger partial charge in [0.25, 0.3) is 0 Å². The van der Waals surface area contributed by atoms with E-state index in [1.54, 1.807) is 0 Å². The van der Waals surface area contributed by atoms with Gasteiger partial charge in [-0.2, -0.15) is 10.2 Å². The number of hydrogen-bond donors (Lipinski definition) is 8. The number of amidine groups is 4. The quantitative estimate of drug-likeness (QED) is 0.109. The Labute approximate surface area is 92.7 Å². The van der Waals surface area contributed by atoms with Crippen molar-refractivity contribution in [1.29, 1.82) is 10.8 Å². The van der Waals surface area contributed by atoms with Crippen molar-refractivity contribution in [1.82, 2.24) is 0 Å². The van der Waals surface area contributed by atoms with E-state index in [0.717, 1.165) is 0 Å². The molecule has 0 atom stereocenters. The third kappa shape index (κ3) is 14.0. The van der Waals surface area contributed by atoms with Crippen molar-refractivity contribution in [2.24, 2.45) is 44.8 Å². The molecular weight excluding hydrogens is 212 g/mol. The van der Waals surface area contributed by atoms with E-state index < -0.39 is 0 Å². The second kappa shape index (κ2) is 9.05. The minimum Gasteiger partial charge on any atom is -0.387 e. The zero-order valence-corrected chi connectivity index (χ0v) is 8.77. The monoisotopic (exact) mass is 230 g/mol. The summed E-state index contributed by atoms with van der Waals surface area (Å²) in [4.78, 5) is 0. The first kappa shape index (κ1) is 15.9. The first-order valence-electron chi connectivity index (χ1n) is 4.03. The third-order valence-corrected chi connectivity index (χ3v) is 1.07. The first-order valence-corrected chi connectivity index (χ1v) is 4.03. The van der Waals surface area contributed by atoms with Gasteiger partial charge in [0.1, 0.15) is 11.7 Å². The standard InChI is InChI=1S/C3H10N6.C3H8N4/c4-2(8-6)1-3(5)9-7;4-2(5)1-3(6)7/h1,6-7H2,(H2,4,8)(H2,5,9);1H2,(H3,4,5)(H3,6,7). The van der Waals surface area contributed by atoms with Crippen LogP contribution >= 0.6 is 0 Å². The van der Waals surface area contributed by atoms with Crippen LogP contribution in [0.15, 0.2) is 10.2 Å². The smallest absolute Gasteiger partial charge is 0.126 e. The van der Waals surface area contributed by atoms with Crippen LogP contribution in [0.5, 0.6) is 0 Å². The lowest BCUT2D eigenvalue weighted by Crippen LogP contribution is -2.24. The van der Waals surface area contributed by atoms with Crippen molar-refractivity contribution in [3.05, 3.63) is 0 Å². The van der Waals surface area contributed by atoms with Crippen LogP contribution in [0.1, 0.15) is 12.8 Å². The largest absolute Gasteiger partial charge is 0.387 e. The molecule has 0 aromatic rings. The molecule has 0 aromatic carbocycles. The number of hydrazone groups is 2. The number of nitrogens with two attached hydrogens (primary N) is 6. The van der Waals surface area contributed by atoms with Crippen molar-refractivity contribution in [3.8, 4) is 0 Å². The average molecular weight is 230 g/mol. The molecule has 0 saturated heterocycles. The molecule has 0 heterocycles. The summed E-state index contributed by atoms with van der Waals surface area (Å²) < 4.78 is 0. The van der Waals surface area contributed by atoms with Gasteiger partial charge < -0.3 is 34.6 Å².